The maximum atomic E-state index is 10.9. The van der Waals surface area contributed by atoms with E-state index in [1.54, 1.807) is 19.9 Å². The Morgan fingerprint density at radius 2 is 1.78 bits per heavy atom. The van der Waals surface area contributed by atoms with E-state index in [9.17, 15) is 14.2 Å². The Morgan fingerprint density at radius 3 is 2.30 bits per heavy atom. The van der Waals surface area contributed by atoms with Crippen LogP contribution >= 0.6 is 7.80 Å². The van der Waals surface area contributed by atoms with Gasteiger partial charge in [-0.2, -0.15) is 0 Å². The molecule has 1 unspecified atom stereocenters. The van der Waals surface area contributed by atoms with Crippen molar-refractivity contribution in [3.63, 3.8) is 0 Å². The van der Waals surface area contributed by atoms with Crippen molar-refractivity contribution in [1.29, 1.82) is 0 Å². The SMILES string of the molecule is CCOC(=O)/C=C/CCC1OCCO1.CCOC(=O)C[P+](C)=O. The van der Waals surface area contributed by atoms with Crippen molar-refractivity contribution in [2.45, 2.75) is 33.0 Å². The molecule has 0 aromatic heterocycles. The number of hydrogen-bond donors (Lipinski definition) is 0. The lowest BCUT2D eigenvalue weighted by molar-refractivity contribution is -0.140. The molecule has 132 valence electrons. The van der Waals surface area contributed by atoms with Gasteiger partial charge in [-0.25, -0.2) is 9.59 Å². The molecule has 1 fully saturated rings. The molecule has 1 aliphatic rings. The second-order valence-electron chi connectivity index (χ2n) is 4.49. The molecule has 1 aliphatic heterocycles. The fourth-order valence-corrected chi connectivity index (χ4v) is 2.02. The van der Waals surface area contributed by atoms with Crippen LogP contribution in [0.15, 0.2) is 12.2 Å². The summed E-state index contributed by atoms with van der Waals surface area (Å²) in [5, 5.41) is 0. The summed E-state index contributed by atoms with van der Waals surface area (Å²) in [7, 11) is -1.38. The minimum absolute atomic E-state index is 0.0448. The molecular formula is C15H26O7P+. The van der Waals surface area contributed by atoms with Crippen molar-refractivity contribution >= 4 is 19.7 Å². The van der Waals surface area contributed by atoms with Gasteiger partial charge in [0.05, 0.1) is 26.4 Å². The third kappa shape index (κ3) is 14.0. The van der Waals surface area contributed by atoms with Crippen molar-refractivity contribution in [3.8, 4) is 0 Å². The average molecular weight is 349 g/mol. The van der Waals surface area contributed by atoms with Crippen LogP contribution in [0.3, 0.4) is 0 Å². The summed E-state index contributed by atoms with van der Waals surface area (Å²) in [6.07, 6.45) is 4.73. The van der Waals surface area contributed by atoms with E-state index in [1.807, 2.05) is 0 Å². The second kappa shape index (κ2) is 14.3. The number of hydrogen-bond acceptors (Lipinski definition) is 7. The van der Waals surface area contributed by atoms with Gasteiger partial charge in [0.2, 0.25) is 6.16 Å². The Balaban J connectivity index is 0.000000468. The third-order valence-electron chi connectivity index (χ3n) is 2.46. The van der Waals surface area contributed by atoms with Gasteiger partial charge in [0.1, 0.15) is 6.66 Å². The predicted octanol–water partition coefficient (Wildman–Crippen LogP) is 2.27. The largest absolute Gasteiger partial charge is 0.463 e. The van der Waals surface area contributed by atoms with Crippen molar-refractivity contribution in [1.82, 2.24) is 0 Å². The molecule has 0 saturated carbocycles. The third-order valence-corrected chi connectivity index (χ3v) is 3.16. The van der Waals surface area contributed by atoms with Crippen molar-refractivity contribution in [2.24, 2.45) is 0 Å². The van der Waals surface area contributed by atoms with Crippen LogP contribution in [0.5, 0.6) is 0 Å². The van der Waals surface area contributed by atoms with E-state index in [0.717, 1.165) is 12.8 Å². The summed E-state index contributed by atoms with van der Waals surface area (Å²) in [5.74, 6) is -0.665. The van der Waals surface area contributed by atoms with Crippen LogP contribution in [0.25, 0.3) is 0 Å². The molecule has 0 aromatic carbocycles. The summed E-state index contributed by atoms with van der Waals surface area (Å²) in [6.45, 7) is 7.14. The molecule has 8 heteroatoms. The molecule has 1 heterocycles. The highest BCUT2D eigenvalue weighted by atomic mass is 31.1. The van der Waals surface area contributed by atoms with Crippen LogP contribution in [0.4, 0.5) is 0 Å². The highest BCUT2D eigenvalue weighted by Crippen LogP contribution is 2.12. The molecular weight excluding hydrogens is 323 g/mol. The molecule has 0 N–H and O–H groups in total. The molecule has 1 saturated heterocycles. The summed E-state index contributed by atoms with van der Waals surface area (Å²) >= 11 is 0. The molecule has 7 nitrogen and oxygen atoms in total. The van der Waals surface area contributed by atoms with Crippen LogP contribution in [-0.2, 0) is 33.1 Å². The minimum atomic E-state index is -1.38. The van der Waals surface area contributed by atoms with E-state index >= 15 is 0 Å². The molecule has 0 bridgehead atoms. The van der Waals surface area contributed by atoms with Gasteiger partial charge in [-0.05, 0) is 20.3 Å². The molecule has 0 radical (unpaired) electrons. The van der Waals surface area contributed by atoms with E-state index in [4.69, 9.17) is 14.2 Å². The first-order chi connectivity index (χ1) is 11.0. The normalized spacial score (nSPS) is 15.0. The van der Waals surface area contributed by atoms with Gasteiger partial charge in [-0.15, -0.1) is 0 Å². The fourth-order valence-electron chi connectivity index (χ4n) is 1.56. The first-order valence-electron chi connectivity index (χ1n) is 7.59. The van der Waals surface area contributed by atoms with E-state index in [1.165, 1.54) is 12.7 Å². The van der Waals surface area contributed by atoms with E-state index in [0.29, 0.717) is 26.4 Å². The Kier molecular flexibility index (Phi) is 13.5. The molecule has 23 heavy (non-hydrogen) atoms. The van der Waals surface area contributed by atoms with E-state index in [2.05, 4.69) is 4.74 Å². The van der Waals surface area contributed by atoms with Gasteiger partial charge < -0.3 is 18.9 Å². The van der Waals surface area contributed by atoms with Gasteiger partial charge in [0.25, 0.3) is 0 Å². The van der Waals surface area contributed by atoms with Gasteiger partial charge in [0.15, 0.2) is 6.29 Å². The quantitative estimate of drug-likeness (QED) is 0.377. The monoisotopic (exact) mass is 349 g/mol. The number of ether oxygens (including phenoxy) is 4. The van der Waals surface area contributed by atoms with Crippen LogP contribution in [0, 0.1) is 0 Å². The van der Waals surface area contributed by atoms with Gasteiger partial charge in [-0.1, -0.05) is 10.6 Å². The summed E-state index contributed by atoms with van der Waals surface area (Å²) < 4.78 is 30.1. The Morgan fingerprint density at radius 1 is 1.17 bits per heavy atom. The number of allylic oxidation sites excluding steroid dienone is 1. The Labute approximate surface area is 138 Å². The lowest BCUT2D eigenvalue weighted by atomic mass is 10.3. The number of esters is 2. The first kappa shape index (κ1) is 21.7. The van der Waals surface area contributed by atoms with Crippen molar-refractivity contribution < 1.29 is 33.1 Å². The van der Waals surface area contributed by atoms with Crippen LogP contribution in [0.1, 0.15) is 26.7 Å². The first-order valence-corrected chi connectivity index (χ1v) is 9.49. The van der Waals surface area contributed by atoms with Crippen LogP contribution in [-0.4, -0.2) is 57.5 Å². The van der Waals surface area contributed by atoms with Gasteiger partial charge >= 0.3 is 19.7 Å². The van der Waals surface area contributed by atoms with E-state index < -0.39 is 7.80 Å². The average Bonchev–Trinajstić information content (AvgIpc) is 2.97. The Hall–Kier alpha value is -1.30. The molecule has 1 rings (SSSR count). The minimum Gasteiger partial charge on any atom is -0.463 e. The van der Waals surface area contributed by atoms with Crippen LogP contribution in [0.2, 0.25) is 0 Å². The summed E-state index contributed by atoms with van der Waals surface area (Å²) in [5.41, 5.74) is 0. The number of rotatable bonds is 8. The standard InChI is InChI=1S/C10H16O4.C5H10O3P/c1-2-12-9(11)5-3-4-6-10-13-7-8-14-10;1-3-8-5(6)4-9(2)7/h3,5,10H,2,4,6-8H2,1H3;3-4H2,1-2H3/q;+1/b5-3+;. The zero-order chi connectivity index (χ0) is 17.5. The smallest absolute Gasteiger partial charge is 0.354 e. The number of carbonyl (C=O) groups is 2. The lowest BCUT2D eigenvalue weighted by Gasteiger charge is -2.05. The van der Waals surface area contributed by atoms with Crippen molar-refractivity contribution in [3.05, 3.63) is 12.2 Å². The highest BCUT2D eigenvalue weighted by molar-refractivity contribution is 7.44. The summed E-state index contributed by atoms with van der Waals surface area (Å²) in [6, 6.07) is 0. The number of carbonyl (C=O) groups excluding carboxylic acids is 2. The molecule has 0 aliphatic carbocycles. The Bertz CT molecular complexity index is 389. The van der Waals surface area contributed by atoms with Gasteiger partial charge in [-0.3, -0.25) is 0 Å². The van der Waals surface area contributed by atoms with Crippen molar-refractivity contribution in [2.75, 3.05) is 39.3 Å². The van der Waals surface area contributed by atoms with Gasteiger partial charge in [0, 0.05) is 12.5 Å². The molecule has 0 aromatic rings. The summed E-state index contributed by atoms with van der Waals surface area (Å²) in [4.78, 5) is 21.3. The maximum absolute atomic E-state index is 10.9. The van der Waals surface area contributed by atoms with Crippen LogP contribution < -0.4 is 0 Å². The maximum Gasteiger partial charge on any atom is 0.354 e. The zero-order valence-electron chi connectivity index (χ0n) is 14.0. The molecule has 0 spiro atoms. The molecule has 0 amide bonds. The lowest BCUT2D eigenvalue weighted by Crippen LogP contribution is -2.06. The molecule has 1 atom stereocenters. The highest BCUT2D eigenvalue weighted by Gasteiger charge is 2.14. The topological polar surface area (TPSA) is 88.1 Å². The fraction of sp³-hybridized carbons (Fsp3) is 0.733. The predicted molar refractivity (Wildman–Crippen MR) is 85.7 cm³/mol. The van der Waals surface area contributed by atoms with E-state index in [-0.39, 0.29) is 24.4 Å². The second-order valence-corrected chi connectivity index (χ2v) is 6.07. The zero-order valence-corrected chi connectivity index (χ0v) is 14.9.